The van der Waals surface area contributed by atoms with E-state index in [1.165, 1.54) is 19.2 Å². The number of hydrogen-bond donors (Lipinski definition) is 3. The zero-order chi connectivity index (χ0) is 15.2. The number of anilines is 1. The number of ether oxygens (including phenoxy) is 1. The van der Waals surface area contributed by atoms with Gasteiger partial charge in [0.05, 0.1) is 17.9 Å². The summed E-state index contributed by atoms with van der Waals surface area (Å²) in [5.41, 5.74) is 0.256. The number of rotatable bonds is 8. The number of benzene rings is 1. The van der Waals surface area contributed by atoms with Crippen LogP contribution in [0.25, 0.3) is 0 Å². The molecule has 0 amide bonds. The van der Waals surface area contributed by atoms with E-state index in [1.54, 1.807) is 6.92 Å². The fraction of sp³-hybridized carbons (Fsp3) is 0.417. The summed E-state index contributed by atoms with van der Waals surface area (Å²) in [6.45, 7) is 2.69. The molecule has 0 fully saturated rings. The number of hydrogen-bond acceptors (Lipinski definition) is 5. The van der Waals surface area contributed by atoms with Crippen molar-refractivity contribution in [1.29, 1.82) is 0 Å². The number of carboxylic acid groups (broad SMARTS) is 1. The zero-order valence-electron chi connectivity index (χ0n) is 11.3. The molecule has 20 heavy (non-hydrogen) atoms. The zero-order valence-corrected chi connectivity index (χ0v) is 12.2. The van der Waals surface area contributed by atoms with Crippen molar-refractivity contribution in [2.24, 2.45) is 0 Å². The minimum atomic E-state index is -3.75. The van der Waals surface area contributed by atoms with E-state index >= 15 is 0 Å². The Morgan fingerprint density at radius 1 is 1.40 bits per heavy atom. The summed E-state index contributed by atoms with van der Waals surface area (Å²) in [4.78, 5) is 10.9. The second-order valence-corrected chi connectivity index (χ2v) is 5.67. The van der Waals surface area contributed by atoms with Crippen LogP contribution in [0, 0.1) is 0 Å². The summed E-state index contributed by atoms with van der Waals surface area (Å²) in [5.74, 6) is -1.18. The first kappa shape index (κ1) is 16.4. The SMILES string of the molecule is CCNS(=O)(=O)c1cc(C(=O)O)ccc1NCCOC. The van der Waals surface area contributed by atoms with Crippen LogP contribution in [0.1, 0.15) is 17.3 Å². The van der Waals surface area contributed by atoms with Crippen LogP contribution in [-0.2, 0) is 14.8 Å². The molecule has 0 saturated heterocycles. The molecule has 0 spiro atoms. The molecule has 3 N–H and O–H groups in total. The van der Waals surface area contributed by atoms with E-state index < -0.39 is 16.0 Å². The average molecular weight is 302 g/mol. The van der Waals surface area contributed by atoms with E-state index in [9.17, 15) is 13.2 Å². The van der Waals surface area contributed by atoms with Crippen molar-refractivity contribution in [1.82, 2.24) is 4.72 Å². The molecule has 0 bridgehead atoms. The number of methoxy groups -OCH3 is 1. The summed E-state index contributed by atoms with van der Waals surface area (Å²) in [7, 11) is -2.22. The van der Waals surface area contributed by atoms with Gasteiger partial charge in [-0.1, -0.05) is 6.92 Å². The van der Waals surface area contributed by atoms with Gasteiger partial charge in [0, 0.05) is 20.2 Å². The van der Waals surface area contributed by atoms with E-state index in [1.807, 2.05) is 0 Å². The second-order valence-electron chi connectivity index (χ2n) is 3.94. The molecule has 0 radical (unpaired) electrons. The van der Waals surface area contributed by atoms with Crippen LogP contribution >= 0.6 is 0 Å². The van der Waals surface area contributed by atoms with Crippen LogP contribution in [-0.4, -0.2) is 46.3 Å². The third kappa shape index (κ3) is 4.19. The largest absolute Gasteiger partial charge is 0.478 e. The molecule has 1 aromatic rings. The summed E-state index contributed by atoms with van der Waals surface area (Å²) in [5, 5.41) is 11.9. The molecule has 0 saturated carbocycles. The maximum absolute atomic E-state index is 12.1. The van der Waals surface area contributed by atoms with Gasteiger partial charge in [-0.15, -0.1) is 0 Å². The van der Waals surface area contributed by atoms with E-state index in [-0.39, 0.29) is 17.0 Å². The van der Waals surface area contributed by atoms with Crippen molar-refractivity contribution >= 4 is 21.7 Å². The Kier molecular flexibility index (Phi) is 5.93. The minimum Gasteiger partial charge on any atom is -0.478 e. The number of carboxylic acids is 1. The maximum Gasteiger partial charge on any atom is 0.335 e. The highest BCUT2D eigenvalue weighted by Crippen LogP contribution is 2.22. The second kappa shape index (κ2) is 7.22. The lowest BCUT2D eigenvalue weighted by Crippen LogP contribution is -2.25. The minimum absolute atomic E-state index is 0.0845. The lowest BCUT2D eigenvalue weighted by atomic mass is 10.2. The molecular formula is C12H18N2O5S. The molecule has 0 aliphatic carbocycles. The Balaban J connectivity index is 3.19. The fourth-order valence-electron chi connectivity index (χ4n) is 1.58. The molecule has 0 aliphatic heterocycles. The van der Waals surface area contributed by atoms with Gasteiger partial charge in [-0.05, 0) is 18.2 Å². The lowest BCUT2D eigenvalue weighted by molar-refractivity contribution is 0.0696. The lowest BCUT2D eigenvalue weighted by Gasteiger charge is -2.13. The standard InChI is InChI=1S/C12H18N2O5S/c1-3-14-20(17,18)11-8-9(12(15)16)4-5-10(11)13-6-7-19-2/h4-5,8,13-14H,3,6-7H2,1-2H3,(H,15,16). The molecule has 7 nitrogen and oxygen atoms in total. The monoisotopic (exact) mass is 302 g/mol. The number of carbonyl (C=O) groups is 1. The Bertz CT molecular complexity index is 571. The van der Waals surface area contributed by atoms with Crippen molar-refractivity contribution in [2.45, 2.75) is 11.8 Å². The van der Waals surface area contributed by atoms with Crippen LogP contribution in [0.2, 0.25) is 0 Å². The smallest absolute Gasteiger partial charge is 0.335 e. The molecular weight excluding hydrogens is 284 g/mol. The highest BCUT2D eigenvalue weighted by Gasteiger charge is 2.19. The van der Waals surface area contributed by atoms with Crippen molar-refractivity contribution < 1.29 is 23.1 Å². The van der Waals surface area contributed by atoms with Gasteiger partial charge >= 0.3 is 5.97 Å². The van der Waals surface area contributed by atoms with Crippen molar-refractivity contribution in [3.05, 3.63) is 23.8 Å². The molecule has 1 aromatic carbocycles. The quantitative estimate of drug-likeness (QED) is 0.612. The van der Waals surface area contributed by atoms with Gasteiger partial charge in [-0.25, -0.2) is 17.9 Å². The molecule has 8 heteroatoms. The topological polar surface area (TPSA) is 105 Å². The van der Waals surface area contributed by atoms with Crippen LogP contribution in [0.4, 0.5) is 5.69 Å². The predicted octanol–water partition coefficient (Wildman–Crippen LogP) is 0.741. The van der Waals surface area contributed by atoms with Gasteiger partial charge in [0.15, 0.2) is 0 Å². The van der Waals surface area contributed by atoms with Crippen molar-refractivity contribution in [3.8, 4) is 0 Å². The van der Waals surface area contributed by atoms with E-state index in [0.29, 0.717) is 18.8 Å². The Morgan fingerprint density at radius 2 is 2.10 bits per heavy atom. The van der Waals surface area contributed by atoms with E-state index in [0.717, 1.165) is 6.07 Å². The molecule has 0 aliphatic rings. The van der Waals surface area contributed by atoms with Crippen LogP contribution < -0.4 is 10.0 Å². The first-order valence-corrected chi connectivity index (χ1v) is 7.50. The van der Waals surface area contributed by atoms with Gasteiger partial charge in [-0.2, -0.15) is 0 Å². The van der Waals surface area contributed by atoms with Crippen molar-refractivity contribution in [3.63, 3.8) is 0 Å². The highest BCUT2D eigenvalue weighted by molar-refractivity contribution is 7.89. The molecule has 1 rings (SSSR count). The van der Waals surface area contributed by atoms with Crippen LogP contribution in [0.5, 0.6) is 0 Å². The number of nitrogens with one attached hydrogen (secondary N) is 2. The molecule has 0 heterocycles. The number of aromatic carboxylic acids is 1. The normalized spacial score (nSPS) is 11.3. The molecule has 0 unspecified atom stereocenters. The van der Waals surface area contributed by atoms with Crippen molar-refractivity contribution in [2.75, 3.05) is 32.1 Å². The average Bonchev–Trinajstić information content (AvgIpc) is 2.39. The Morgan fingerprint density at radius 3 is 2.65 bits per heavy atom. The summed E-state index contributed by atoms with van der Waals surface area (Å²) in [6.07, 6.45) is 0. The third-order valence-corrected chi connectivity index (χ3v) is 4.06. The summed E-state index contributed by atoms with van der Waals surface area (Å²) < 4.78 is 31.4. The van der Waals surface area contributed by atoms with Crippen LogP contribution in [0.3, 0.4) is 0 Å². The Hall–Kier alpha value is -1.64. The number of sulfonamides is 1. The van der Waals surface area contributed by atoms with Gasteiger partial charge in [-0.3, -0.25) is 0 Å². The molecule has 112 valence electrons. The van der Waals surface area contributed by atoms with E-state index in [4.69, 9.17) is 9.84 Å². The maximum atomic E-state index is 12.1. The van der Waals surface area contributed by atoms with Crippen LogP contribution in [0.15, 0.2) is 23.1 Å². The van der Waals surface area contributed by atoms with Gasteiger partial charge in [0.2, 0.25) is 10.0 Å². The molecule has 0 aromatic heterocycles. The molecule has 0 atom stereocenters. The summed E-state index contributed by atoms with van der Waals surface area (Å²) in [6, 6.07) is 3.92. The highest BCUT2D eigenvalue weighted by atomic mass is 32.2. The fourth-order valence-corrected chi connectivity index (χ4v) is 2.83. The third-order valence-electron chi connectivity index (χ3n) is 2.47. The van der Waals surface area contributed by atoms with Gasteiger partial charge in [0.25, 0.3) is 0 Å². The first-order valence-electron chi connectivity index (χ1n) is 6.02. The Labute approximate surface area is 118 Å². The first-order chi connectivity index (χ1) is 9.42. The van der Waals surface area contributed by atoms with Gasteiger partial charge in [0.1, 0.15) is 4.90 Å². The predicted molar refractivity (Wildman–Crippen MR) is 74.6 cm³/mol. The summed E-state index contributed by atoms with van der Waals surface area (Å²) >= 11 is 0. The van der Waals surface area contributed by atoms with Gasteiger partial charge < -0.3 is 15.2 Å². The van der Waals surface area contributed by atoms with E-state index in [2.05, 4.69) is 10.0 Å².